The summed E-state index contributed by atoms with van der Waals surface area (Å²) in [6.45, 7) is 2.14. The molecule has 0 radical (unpaired) electrons. The Hall–Kier alpha value is -1.13. The number of rotatable bonds is 6. The molecule has 0 aromatic carbocycles. The molecule has 0 spiro atoms. The molecule has 136 valence electrons. The number of carbonyl (C=O) groups excluding carboxylic acids is 1. The zero-order valence-electron chi connectivity index (χ0n) is 14.8. The van der Waals surface area contributed by atoms with Crippen LogP contribution in [0, 0.1) is 11.8 Å². The summed E-state index contributed by atoms with van der Waals surface area (Å²) < 4.78 is 5.63. The number of aliphatic hydroxyl groups excluding tert-OH is 2. The van der Waals surface area contributed by atoms with Crippen molar-refractivity contribution >= 4 is 5.97 Å². The quantitative estimate of drug-likeness (QED) is 0.442. The third-order valence-electron chi connectivity index (χ3n) is 5.16. The van der Waals surface area contributed by atoms with Crippen LogP contribution in [-0.4, -0.2) is 34.5 Å². The zero-order chi connectivity index (χ0) is 17.4. The first-order valence-electron chi connectivity index (χ1n) is 9.50. The molecule has 5 atom stereocenters. The molecular weight excluding hydrogens is 304 g/mol. The number of carbonyl (C=O) groups is 1. The van der Waals surface area contributed by atoms with Crippen LogP contribution in [0.1, 0.15) is 64.7 Å². The van der Waals surface area contributed by atoms with E-state index in [9.17, 15) is 15.0 Å². The molecule has 1 fully saturated rings. The van der Waals surface area contributed by atoms with Crippen molar-refractivity contribution in [1.29, 1.82) is 0 Å². The fourth-order valence-corrected chi connectivity index (χ4v) is 3.73. The first-order chi connectivity index (χ1) is 11.6. The Morgan fingerprint density at radius 1 is 1.38 bits per heavy atom. The van der Waals surface area contributed by atoms with Gasteiger partial charge in [0.25, 0.3) is 0 Å². The molecule has 2 N–H and O–H groups in total. The van der Waals surface area contributed by atoms with E-state index in [1.54, 1.807) is 0 Å². The monoisotopic (exact) mass is 336 g/mol. The van der Waals surface area contributed by atoms with E-state index in [0.717, 1.165) is 44.9 Å². The lowest BCUT2D eigenvalue weighted by Crippen LogP contribution is -2.24. The van der Waals surface area contributed by atoms with Crippen molar-refractivity contribution in [1.82, 2.24) is 0 Å². The molecule has 4 nitrogen and oxygen atoms in total. The van der Waals surface area contributed by atoms with Crippen molar-refractivity contribution in [3.05, 3.63) is 24.3 Å². The smallest absolute Gasteiger partial charge is 0.306 e. The van der Waals surface area contributed by atoms with Gasteiger partial charge in [-0.3, -0.25) is 4.79 Å². The van der Waals surface area contributed by atoms with Crippen LogP contribution in [0.2, 0.25) is 0 Å². The molecule has 4 heteroatoms. The highest BCUT2D eigenvalue weighted by atomic mass is 16.5. The number of allylic oxidation sites excluding steroid dienone is 2. The average molecular weight is 336 g/mol. The summed E-state index contributed by atoms with van der Waals surface area (Å²) >= 11 is 0. The normalized spacial score (nSPS) is 33.9. The van der Waals surface area contributed by atoms with Crippen LogP contribution in [0.3, 0.4) is 0 Å². The number of ether oxygens (including phenoxy) is 1. The second kappa shape index (κ2) is 10.00. The predicted octanol–water partition coefficient (Wildman–Crippen LogP) is 3.52. The summed E-state index contributed by atoms with van der Waals surface area (Å²) in [5, 5.41) is 20.5. The third-order valence-corrected chi connectivity index (χ3v) is 5.16. The van der Waals surface area contributed by atoms with Gasteiger partial charge >= 0.3 is 5.97 Å². The summed E-state index contributed by atoms with van der Waals surface area (Å²) in [4.78, 5) is 12.0. The Morgan fingerprint density at radius 2 is 2.21 bits per heavy atom. The van der Waals surface area contributed by atoms with E-state index in [2.05, 4.69) is 19.1 Å². The molecule has 1 heterocycles. The van der Waals surface area contributed by atoms with Crippen LogP contribution in [0.15, 0.2) is 24.3 Å². The van der Waals surface area contributed by atoms with E-state index in [0.29, 0.717) is 12.8 Å². The van der Waals surface area contributed by atoms with Gasteiger partial charge in [-0.25, -0.2) is 0 Å². The van der Waals surface area contributed by atoms with Crippen molar-refractivity contribution in [2.45, 2.75) is 83.0 Å². The molecule has 2 aliphatic rings. The first kappa shape index (κ1) is 19.2. The van der Waals surface area contributed by atoms with Gasteiger partial charge in [0.1, 0.15) is 6.10 Å². The van der Waals surface area contributed by atoms with Crippen molar-refractivity contribution in [2.24, 2.45) is 11.8 Å². The number of unbranched alkanes of at least 4 members (excludes halogenated alkanes) is 2. The van der Waals surface area contributed by atoms with E-state index in [1.807, 2.05) is 12.2 Å². The summed E-state index contributed by atoms with van der Waals surface area (Å²) in [5.41, 5.74) is 0. The Kier molecular flexibility index (Phi) is 8.00. The molecule has 1 saturated carbocycles. The van der Waals surface area contributed by atoms with Crippen molar-refractivity contribution in [2.75, 3.05) is 0 Å². The minimum atomic E-state index is -0.461. The third kappa shape index (κ3) is 5.75. The van der Waals surface area contributed by atoms with Crippen LogP contribution >= 0.6 is 0 Å². The largest absolute Gasteiger partial charge is 0.462 e. The first-order valence-corrected chi connectivity index (χ1v) is 9.50. The highest BCUT2D eigenvalue weighted by Gasteiger charge is 2.42. The minimum Gasteiger partial charge on any atom is -0.462 e. The number of aliphatic hydroxyl groups is 2. The van der Waals surface area contributed by atoms with Crippen molar-refractivity contribution in [3.63, 3.8) is 0 Å². The standard InChI is InChI=1S/C20H32O4/c1-2-3-6-9-15(21)12-13-17-16-10-7-4-5-8-11-20(23)24-19(17)14-18(16)22/h4,7,12-13,15-19,21-22H,2-3,5-6,8-11,14H2,1H3/b7-4-,13-12+/t15-,16+,17-,18+,19-/m1/s1. The minimum absolute atomic E-state index is 0.0208. The van der Waals surface area contributed by atoms with Gasteiger partial charge in [0, 0.05) is 18.8 Å². The summed E-state index contributed by atoms with van der Waals surface area (Å²) in [7, 11) is 0. The molecule has 1 aliphatic carbocycles. The maximum atomic E-state index is 12.0. The van der Waals surface area contributed by atoms with Crippen LogP contribution < -0.4 is 0 Å². The summed E-state index contributed by atoms with van der Waals surface area (Å²) in [6.07, 6.45) is 14.2. The summed E-state index contributed by atoms with van der Waals surface area (Å²) in [6, 6.07) is 0. The van der Waals surface area contributed by atoms with Gasteiger partial charge in [0.2, 0.25) is 0 Å². The van der Waals surface area contributed by atoms with Crippen LogP contribution in [0.25, 0.3) is 0 Å². The van der Waals surface area contributed by atoms with Crippen molar-refractivity contribution < 1.29 is 19.7 Å². The van der Waals surface area contributed by atoms with Gasteiger partial charge < -0.3 is 14.9 Å². The van der Waals surface area contributed by atoms with Gasteiger partial charge in [-0.1, -0.05) is 50.5 Å². The molecule has 0 aromatic heterocycles. The maximum Gasteiger partial charge on any atom is 0.306 e. The number of esters is 1. The van der Waals surface area contributed by atoms with E-state index >= 15 is 0 Å². The van der Waals surface area contributed by atoms with E-state index in [1.165, 1.54) is 0 Å². The molecule has 0 aromatic rings. The molecule has 2 rings (SSSR count). The molecular formula is C20H32O4. The lowest BCUT2D eigenvalue weighted by atomic mass is 9.89. The number of hydrogen-bond donors (Lipinski definition) is 2. The van der Waals surface area contributed by atoms with Crippen LogP contribution in [0.5, 0.6) is 0 Å². The Balaban J connectivity index is 2.04. The van der Waals surface area contributed by atoms with Crippen LogP contribution in [0.4, 0.5) is 0 Å². The molecule has 0 unspecified atom stereocenters. The Morgan fingerprint density at radius 3 is 3.00 bits per heavy atom. The topological polar surface area (TPSA) is 66.8 Å². The second-order valence-corrected chi connectivity index (χ2v) is 7.12. The van der Waals surface area contributed by atoms with Gasteiger partial charge in [0.05, 0.1) is 12.2 Å². The van der Waals surface area contributed by atoms with Crippen LogP contribution in [-0.2, 0) is 9.53 Å². The Bertz CT molecular complexity index is 443. The van der Waals surface area contributed by atoms with E-state index in [4.69, 9.17) is 4.74 Å². The SMILES string of the molecule is CCCCC[C@@H](O)/C=C/[C@@H]1[C@@H]2C/C=C\CCCC(=O)O[C@@H]1C[C@@H]2O. The average Bonchev–Trinajstić information content (AvgIpc) is 2.81. The van der Waals surface area contributed by atoms with Gasteiger partial charge in [-0.15, -0.1) is 0 Å². The highest BCUT2D eigenvalue weighted by molar-refractivity contribution is 5.69. The number of fused-ring (bicyclic) bond motifs is 2. The zero-order valence-corrected chi connectivity index (χ0v) is 14.8. The van der Waals surface area contributed by atoms with E-state index < -0.39 is 12.2 Å². The fraction of sp³-hybridized carbons (Fsp3) is 0.750. The van der Waals surface area contributed by atoms with Gasteiger partial charge in [0.15, 0.2) is 0 Å². The lowest BCUT2D eigenvalue weighted by molar-refractivity contribution is -0.150. The second-order valence-electron chi connectivity index (χ2n) is 7.12. The lowest BCUT2D eigenvalue weighted by Gasteiger charge is -2.22. The molecule has 0 saturated heterocycles. The van der Waals surface area contributed by atoms with E-state index in [-0.39, 0.29) is 23.9 Å². The number of hydrogen-bond acceptors (Lipinski definition) is 4. The van der Waals surface area contributed by atoms with Gasteiger partial charge in [-0.05, 0) is 31.6 Å². The fourth-order valence-electron chi connectivity index (χ4n) is 3.73. The molecule has 0 amide bonds. The highest BCUT2D eigenvalue weighted by Crippen LogP contribution is 2.38. The Labute approximate surface area is 145 Å². The molecule has 1 aliphatic heterocycles. The maximum absolute atomic E-state index is 12.0. The molecule has 24 heavy (non-hydrogen) atoms. The van der Waals surface area contributed by atoms with Gasteiger partial charge in [-0.2, -0.15) is 0 Å². The molecule has 2 bridgehead atoms. The van der Waals surface area contributed by atoms with Crippen molar-refractivity contribution in [3.8, 4) is 0 Å². The summed E-state index contributed by atoms with van der Waals surface area (Å²) in [5.74, 6) is -0.145. The predicted molar refractivity (Wildman–Crippen MR) is 94.4 cm³/mol.